The zero-order valence-corrected chi connectivity index (χ0v) is 43.0. The van der Waals surface area contributed by atoms with E-state index in [4.69, 9.17) is 24.3 Å². The SMILES string of the molecule is CC/C=C\C/C=C\C/C=C\C/C=C\C/C=C\CCCCCCCCCCCCOCC(COP(=O)(O)OCCN)OC(=O)CCCCCCCCCC/C=C\C/C=C\C/C=C\C/C=C\CC. The molecule has 0 aliphatic rings. The topological polar surface area (TPSA) is 117 Å². The fourth-order valence-corrected chi connectivity index (χ4v) is 7.66. The van der Waals surface area contributed by atoms with Crippen LogP contribution in [0.2, 0.25) is 0 Å². The van der Waals surface area contributed by atoms with Crippen molar-refractivity contribution in [2.75, 3.05) is 33.0 Å². The molecule has 66 heavy (non-hydrogen) atoms. The minimum atomic E-state index is -4.30. The predicted octanol–water partition coefficient (Wildman–Crippen LogP) is 16.8. The Hall–Kier alpha value is -2.84. The largest absolute Gasteiger partial charge is 0.472 e. The van der Waals surface area contributed by atoms with Crippen molar-refractivity contribution in [3.05, 3.63) is 109 Å². The molecule has 0 bridgehead atoms. The third kappa shape index (κ3) is 52.1. The number of carbonyl (C=O) groups is 1. The number of phosphoric ester groups is 1. The van der Waals surface area contributed by atoms with E-state index in [1.165, 1.54) is 89.9 Å². The molecule has 0 radical (unpaired) electrons. The van der Waals surface area contributed by atoms with Crippen LogP contribution in [0.1, 0.15) is 206 Å². The molecule has 8 nitrogen and oxygen atoms in total. The first-order chi connectivity index (χ1) is 32.4. The maximum absolute atomic E-state index is 12.7. The molecule has 0 aromatic heterocycles. The highest BCUT2D eigenvalue weighted by atomic mass is 31.2. The van der Waals surface area contributed by atoms with Crippen LogP contribution < -0.4 is 5.73 Å². The van der Waals surface area contributed by atoms with Gasteiger partial charge in [-0.15, -0.1) is 0 Å². The van der Waals surface area contributed by atoms with E-state index in [1.807, 2.05) is 0 Å². The Labute approximate surface area is 405 Å². The number of hydrogen-bond donors (Lipinski definition) is 2. The smallest absolute Gasteiger partial charge is 0.457 e. The summed E-state index contributed by atoms with van der Waals surface area (Å²) in [7, 11) is -4.30. The van der Waals surface area contributed by atoms with Gasteiger partial charge in [-0.1, -0.05) is 213 Å². The molecule has 0 heterocycles. The van der Waals surface area contributed by atoms with Crippen molar-refractivity contribution < 1.29 is 32.8 Å². The van der Waals surface area contributed by atoms with Crippen LogP contribution in [0.4, 0.5) is 0 Å². The van der Waals surface area contributed by atoms with E-state index in [1.54, 1.807) is 0 Å². The van der Waals surface area contributed by atoms with E-state index in [-0.39, 0.29) is 32.3 Å². The van der Waals surface area contributed by atoms with Crippen LogP contribution in [-0.2, 0) is 27.9 Å². The molecule has 0 aromatic carbocycles. The zero-order valence-electron chi connectivity index (χ0n) is 42.1. The summed E-state index contributed by atoms with van der Waals surface area (Å²) in [6.07, 6.45) is 72.6. The number of carbonyl (C=O) groups excluding carboxylic acids is 1. The van der Waals surface area contributed by atoms with Gasteiger partial charge in [0.1, 0.15) is 6.10 Å². The molecule has 0 spiro atoms. The number of esters is 1. The highest BCUT2D eigenvalue weighted by Crippen LogP contribution is 2.43. The Morgan fingerprint density at radius 3 is 1.20 bits per heavy atom. The van der Waals surface area contributed by atoms with Crippen LogP contribution >= 0.6 is 7.82 Å². The van der Waals surface area contributed by atoms with Gasteiger partial charge in [0.05, 0.1) is 19.8 Å². The lowest BCUT2D eigenvalue weighted by Gasteiger charge is -2.20. The van der Waals surface area contributed by atoms with Gasteiger partial charge in [0, 0.05) is 19.6 Å². The summed E-state index contributed by atoms with van der Waals surface area (Å²) in [6.45, 7) is 4.67. The molecule has 9 heteroatoms. The van der Waals surface area contributed by atoms with Crippen molar-refractivity contribution in [1.82, 2.24) is 0 Å². The van der Waals surface area contributed by atoms with E-state index in [0.29, 0.717) is 13.0 Å². The Kier molecular flexibility index (Phi) is 50.8. The molecule has 0 fully saturated rings. The average molecular weight is 940 g/mol. The maximum Gasteiger partial charge on any atom is 0.472 e. The maximum atomic E-state index is 12.7. The van der Waals surface area contributed by atoms with E-state index in [2.05, 4.69) is 123 Å². The Bertz CT molecular complexity index is 1380. The molecule has 3 N–H and O–H groups in total. The van der Waals surface area contributed by atoms with E-state index >= 15 is 0 Å². The third-order valence-electron chi connectivity index (χ3n) is 10.7. The number of allylic oxidation sites excluding steroid dienone is 18. The number of phosphoric acid groups is 1. The molecule has 0 saturated heterocycles. The predicted molar refractivity (Wildman–Crippen MR) is 284 cm³/mol. The second-order valence-electron chi connectivity index (χ2n) is 17.0. The van der Waals surface area contributed by atoms with Crippen molar-refractivity contribution in [2.45, 2.75) is 213 Å². The summed E-state index contributed by atoms with van der Waals surface area (Å²) in [5, 5.41) is 0. The lowest BCUT2D eigenvalue weighted by molar-refractivity contribution is -0.154. The zero-order chi connectivity index (χ0) is 48.0. The Morgan fingerprint density at radius 1 is 0.455 bits per heavy atom. The van der Waals surface area contributed by atoms with Crippen LogP contribution in [0, 0.1) is 0 Å². The summed E-state index contributed by atoms with van der Waals surface area (Å²) in [6, 6.07) is 0. The lowest BCUT2D eigenvalue weighted by Crippen LogP contribution is -2.28. The molecule has 0 rings (SSSR count). The average Bonchev–Trinajstić information content (AvgIpc) is 3.31. The summed E-state index contributed by atoms with van der Waals surface area (Å²) in [5.41, 5.74) is 5.39. The quantitative estimate of drug-likeness (QED) is 0.0268. The summed E-state index contributed by atoms with van der Waals surface area (Å²) < 4.78 is 33.6. The molecule has 2 unspecified atom stereocenters. The van der Waals surface area contributed by atoms with Gasteiger partial charge in [0.15, 0.2) is 0 Å². The van der Waals surface area contributed by atoms with Crippen LogP contribution in [0.3, 0.4) is 0 Å². The number of ether oxygens (including phenoxy) is 2. The van der Waals surface area contributed by atoms with Crippen molar-refractivity contribution in [1.29, 1.82) is 0 Å². The molecule has 0 aliphatic heterocycles. The van der Waals surface area contributed by atoms with Gasteiger partial charge in [0.2, 0.25) is 0 Å². The van der Waals surface area contributed by atoms with Gasteiger partial charge in [-0.2, -0.15) is 0 Å². The Morgan fingerprint density at radius 2 is 0.803 bits per heavy atom. The second-order valence-corrected chi connectivity index (χ2v) is 18.4. The molecule has 2 atom stereocenters. The van der Waals surface area contributed by atoms with Gasteiger partial charge in [-0.3, -0.25) is 13.8 Å². The molecule has 0 saturated carbocycles. The first-order valence-electron chi connectivity index (χ1n) is 26.4. The second kappa shape index (κ2) is 53.1. The normalized spacial score (nSPS) is 14.2. The monoisotopic (exact) mass is 940 g/mol. The number of nitrogens with two attached hydrogens (primary N) is 1. The van der Waals surface area contributed by atoms with Crippen LogP contribution in [0.15, 0.2) is 109 Å². The molecule has 0 aromatic rings. The standard InChI is InChI=1S/C57H98NO7P/c1-3-5-7-9-11-13-15-17-19-21-23-25-26-27-28-29-31-33-35-37-39-41-43-45-47-49-52-62-54-56(55-64-66(60,61)63-53-51-58)65-57(59)50-48-46-44-42-40-38-36-34-32-30-24-22-20-18-16-14-12-10-8-6-4-2/h5-8,11-14,17-20,23-25,27-28,30,56H,3-4,9-10,15-16,21-22,26,29,31-55,58H2,1-2H3,(H,60,61)/b7-5-,8-6-,13-11-,14-12-,19-17-,20-18-,25-23-,28-27-,30-24-. The van der Waals surface area contributed by atoms with Crippen LogP contribution in [0.25, 0.3) is 0 Å². The fraction of sp³-hybridized carbons (Fsp3) is 0.667. The summed E-state index contributed by atoms with van der Waals surface area (Å²) in [5.74, 6) is -0.344. The van der Waals surface area contributed by atoms with Gasteiger partial charge < -0.3 is 20.1 Å². The number of unbranched alkanes of at least 4 members (excludes halogenated alkanes) is 18. The summed E-state index contributed by atoms with van der Waals surface area (Å²) in [4.78, 5) is 22.6. The molecular formula is C57H98NO7P. The molecule has 0 amide bonds. The third-order valence-corrected chi connectivity index (χ3v) is 11.7. The van der Waals surface area contributed by atoms with Gasteiger partial charge in [-0.05, 0) is 96.3 Å². The van der Waals surface area contributed by atoms with Gasteiger partial charge in [0.25, 0.3) is 0 Å². The molecular weight excluding hydrogens is 842 g/mol. The van der Waals surface area contributed by atoms with Crippen LogP contribution in [-0.4, -0.2) is 49.9 Å². The number of hydrogen-bond acceptors (Lipinski definition) is 7. The highest BCUT2D eigenvalue weighted by molar-refractivity contribution is 7.47. The van der Waals surface area contributed by atoms with Crippen molar-refractivity contribution in [2.24, 2.45) is 5.73 Å². The number of rotatable bonds is 49. The first kappa shape index (κ1) is 63.2. The van der Waals surface area contributed by atoms with Crippen molar-refractivity contribution in [3.8, 4) is 0 Å². The van der Waals surface area contributed by atoms with E-state index < -0.39 is 13.9 Å². The van der Waals surface area contributed by atoms with Crippen LogP contribution in [0.5, 0.6) is 0 Å². The van der Waals surface area contributed by atoms with Crippen molar-refractivity contribution >= 4 is 13.8 Å². The summed E-state index contributed by atoms with van der Waals surface area (Å²) >= 11 is 0. The fourth-order valence-electron chi connectivity index (χ4n) is 6.90. The van der Waals surface area contributed by atoms with Gasteiger partial charge in [-0.25, -0.2) is 4.57 Å². The highest BCUT2D eigenvalue weighted by Gasteiger charge is 2.25. The molecule has 0 aliphatic carbocycles. The van der Waals surface area contributed by atoms with Crippen molar-refractivity contribution in [3.63, 3.8) is 0 Å². The van der Waals surface area contributed by atoms with Gasteiger partial charge >= 0.3 is 13.8 Å². The molecule has 378 valence electrons. The lowest BCUT2D eigenvalue weighted by atomic mass is 10.1. The minimum Gasteiger partial charge on any atom is -0.457 e. The first-order valence-corrected chi connectivity index (χ1v) is 27.9. The van der Waals surface area contributed by atoms with E-state index in [0.717, 1.165) is 96.3 Å². The Balaban J connectivity index is 3.98. The van der Waals surface area contributed by atoms with E-state index in [9.17, 15) is 14.3 Å². The minimum absolute atomic E-state index is 0.0924.